The van der Waals surface area contributed by atoms with Crippen LogP contribution in [0.3, 0.4) is 0 Å². The Labute approximate surface area is 129 Å². The summed E-state index contributed by atoms with van der Waals surface area (Å²) in [5.74, 6) is 0.246. The summed E-state index contributed by atoms with van der Waals surface area (Å²) in [7, 11) is 0. The number of hydrogen-bond donors (Lipinski definition) is 3. The molecule has 0 bridgehead atoms. The van der Waals surface area contributed by atoms with E-state index in [-0.39, 0.29) is 18.0 Å². The first kappa shape index (κ1) is 14.2. The van der Waals surface area contributed by atoms with E-state index < -0.39 is 0 Å². The number of carbonyl (C=O) groups is 1. The van der Waals surface area contributed by atoms with Crippen LogP contribution in [0.5, 0.6) is 0 Å². The molecule has 0 atom stereocenters. The molecule has 0 aromatic carbocycles. The monoisotopic (exact) mass is 315 g/mol. The third-order valence-electron chi connectivity index (χ3n) is 2.99. The highest BCUT2D eigenvalue weighted by atomic mass is 32.1. The van der Waals surface area contributed by atoms with Crippen LogP contribution in [0.15, 0.2) is 34.6 Å². The van der Waals surface area contributed by atoms with Gasteiger partial charge in [-0.1, -0.05) is 6.07 Å². The predicted octanol–water partition coefficient (Wildman–Crippen LogP) is 1.46. The van der Waals surface area contributed by atoms with E-state index in [2.05, 4.69) is 25.5 Å². The molecule has 8 heteroatoms. The average molecular weight is 315 g/mol. The predicted molar refractivity (Wildman–Crippen MR) is 82.7 cm³/mol. The van der Waals surface area contributed by atoms with Gasteiger partial charge in [0, 0.05) is 6.07 Å². The minimum atomic E-state index is -0.267. The number of aryl methyl sites for hydroxylation is 1. The zero-order chi connectivity index (χ0) is 15.5. The fourth-order valence-corrected chi connectivity index (χ4v) is 2.80. The van der Waals surface area contributed by atoms with Crippen LogP contribution in [-0.2, 0) is 6.54 Å². The number of rotatable bonds is 4. The second-order valence-electron chi connectivity index (χ2n) is 4.64. The lowest BCUT2D eigenvalue weighted by molar-refractivity contribution is 0.0951. The van der Waals surface area contributed by atoms with Crippen LogP contribution in [0.4, 0.5) is 0 Å². The van der Waals surface area contributed by atoms with Gasteiger partial charge in [-0.25, -0.2) is 4.98 Å². The number of aromatic amines is 2. The van der Waals surface area contributed by atoms with Gasteiger partial charge in [-0.05, 0) is 18.4 Å². The fraction of sp³-hybridized carbons (Fsp3) is 0.143. The van der Waals surface area contributed by atoms with Gasteiger partial charge >= 0.3 is 0 Å². The Bertz CT molecular complexity index is 850. The van der Waals surface area contributed by atoms with Crippen LogP contribution >= 0.6 is 11.3 Å². The summed E-state index contributed by atoms with van der Waals surface area (Å²) in [6, 6.07) is 5.19. The highest BCUT2D eigenvalue weighted by Gasteiger charge is 2.15. The fourth-order valence-electron chi connectivity index (χ4n) is 2.06. The molecule has 0 aliphatic rings. The molecule has 22 heavy (non-hydrogen) atoms. The number of amides is 1. The molecule has 7 nitrogen and oxygen atoms in total. The third kappa shape index (κ3) is 2.96. The van der Waals surface area contributed by atoms with Crippen LogP contribution in [0.2, 0.25) is 0 Å². The van der Waals surface area contributed by atoms with Crippen LogP contribution < -0.4 is 10.9 Å². The van der Waals surface area contributed by atoms with Gasteiger partial charge in [0.15, 0.2) is 0 Å². The van der Waals surface area contributed by atoms with Crippen molar-refractivity contribution < 1.29 is 4.79 Å². The molecule has 0 radical (unpaired) electrons. The van der Waals surface area contributed by atoms with Crippen molar-refractivity contribution in [3.63, 3.8) is 0 Å². The van der Waals surface area contributed by atoms with Gasteiger partial charge in [-0.15, -0.1) is 11.3 Å². The summed E-state index contributed by atoms with van der Waals surface area (Å²) in [6.07, 6.45) is 1.49. The zero-order valence-corrected chi connectivity index (χ0v) is 12.5. The summed E-state index contributed by atoms with van der Waals surface area (Å²) < 4.78 is 0. The van der Waals surface area contributed by atoms with Gasteiger partial charge in [0.05, 0.1) is 34.6 Å². The van der Waals surface area contributed by atoms with Crippen molar-refractivity contribution in [3.8, 4) is 10.6 Å². The van der Waals surface area contributed by atoms with Crippen LogP contribution in [0.25, 0.3) is 10.6 Å². The number of thiophene rings is 1. The van der Waals surface area contributed by atoms with Crippen LogP contribution in [-0.4, -0.2) is 26.1 Å². The van der Waals surface area contributed by atoms with Crippen LogP contribution in [0, 0.1) is 6.92 Å². The SMILES string of the molecule is Cc1nc(CNC(=O)c2cn[nH]c2-c2cccs2)cc(=O)[nH]1. The summed E-state index contributed by atoms with van der Waals surface area (Å²) >= 11 is 1.52. The first-order valence-electron chi connectivity index (χ1n) is 6.56. The van der Waals surface area contributed by atoms with Gasteiger partial charge in [-0.3, -0.25) is 14.7 Å². The number of hydrogen-bond acceptors (Lipinski definition) is 5. The molecule has 112 valence electrons. The standard InChI is InChI=1S/C14H13N5O2S/c1-8-17-9(5-12(20)18-8)6-15-14(21)10-7-16-19-13(10)11-3-2-4-22-11/h2-5,7H,6H2,1H3,(H,15,21)(H,16,19)(H,17,18,20). The van der Waals surface area contributed by atoms with Crippen molar-refractivity contribution >= 4 is 17.2 Å². The molecule has 1 amide bonds. The normalized spacial score (nSPS) is 10.6. The Morgan fingerprint density at radius 1 is 1.45 bits per heavy atom. The van der Waals surface area contributed by atoms with Crippen molar-refractivity contribution in [1.82, 2.24) is 25.5 Å². The summed E-state index contributed by atoms with van der Waals surface area (Å²) in [5.41, 5.74) is 1.42. The Morgan fingerprint density at radius 2 is 2.32 bits per heavy atom. The van der Waals surface area contributed by atoms with E-state index in [4.69, 9.17) is 0 Å². The first-order chi connectivity index (χ1) is 10.6. The van der Waals surface area contributed by atoms with Gasteiger partial charge in [0.25, 0.3) is 11.5 Å². The molecule has 0 fully saturated rings. The van der Waals surface area contributed by atoms with Crippen molar-refractivity contribution in [2.75, 3.05) is 0 Å². The number of nitrogens with zero attached hydrogens (tertiary/aromatic N) is 2. The maximum absolute atomic E-state index is 12.3. The van der Waals surface area contributed by atoms with Gasteiger partial charge in [-0.2, -0.15) is 5.10 Å². The lowest BCUT2D eigenvalue weighted by Gasteiger charge is -2.05. The Hall–Kier alpha value is -2.74. The molecule has 3 heterocycles. The third-order valence-corrected chi connectivity index (χ3v) is 3.88. The minimum absolute atomic E-state index is 0.179. The number of carbonyl (C=O) groups excluding carboxylic acids is 1. The molecule has 0 aliphatic heterocycles. The van der Waals surface area contributed by atoms with Crippen molar-refractivity contribution in [2.45, 2.75) is 13.5 Å². The molecule has 0 saturated heterocycles. The van der Waals surface area contributed by atoms with E-state index in [1.165, 1.54) is 23.6 Å². The lowest BCUT2D eigenvalue weighted by Crippen LogP contribution is -2.25. The minimum Gasteiger partial charge on any atom is -0.346 e. The second-order valence-corrected chi connectivity index (χ2v) is 5.59. The lowest BCUT2D eigenvalue weighted by atomic mass is 10.2. The summed E-state index contributed by atoms with van der Waals surface area (Å²) in [4.78, 5) is 31.3. The molecular formula is C14H13N5O2S. The average Bonchev–Trinajstić information content (AvgIpc) is 3.13. The maximum atomic E-state index is 12.3. The van der Waals surface area contributed by atoms with Crippen LogP contribution in [0.1, 0.15) is 21.9 Å². The number of H-pyrrole nitrogens is 2. The molecule has 0 aliphatic carbocycles. The van der Waals surface area contributed by atoms with Gasteiger partial charge in [0.1, 0.15) is 5.82 Å². The quantitative estimate of drug-likeness (QED) is 0.678. The van der Waals surface area contributed by atoms with E-state index in [1.807, 2.05) is 17.5 Å². The highest BCUT2D eigenvalue weighted by molar-refractivity contribution is 7.13. The Kier molecular flexibility index (Phi) is 3.84. The second kappa shape index (κ2) is 5.94. The van der Waals surface area contributed by atoms with Crippen molar-refractivity contribution in [1.29, 1.82) is 0 Å². The summed E-state index contributed by atoms with van der Waals surface area (Å²) in [5, 5.41) is 11.4. The van der Waals surface area contributed by atoms with E-state index in [1.54, 1.807) is 6.92 Å². The molecule has 3 aromatic heterocycles. The zero-order valence-electron chi connectivity index (χ0n) is 11.7. The highest BCUT2D eigenvalue weighted by Crippen LogP contribution is 2.25. The molecule has 3 rings (SSSR count). The molecular weight excluding hydrogens is 302 g/mol. The number of nitrogens with one attached hydrogen (secondary N) is 3. The van der Waals surface area contributed by atoms with E-state index in [0.29, 0.717) is 22.8 Å². The van der Waals surface area contributed by atoms with Crippen molar-refractivity contribution in [2.24, 2.45) is 0 Å². The Morgan fingerprint density at radius 3 is 3.05 bits per heavy atom. The summed E-state index contributed by atoms with van der Waals surface area (Å²) in [6.45, 7) is 1.87. The molecule has 0 saturated carbocycles. The smallest absolute Gasteiger partial charge is 0.255 e. The van der Waals surface area contributed by atoms with E-state index >= 15 is 0 Å². The van der Waals surface area contributed by atoms with E-state index in [9.17, 15) is 9.59 Å². The van der Waals surface area contributed by atoms with Crippen molar-refractivity contribution in [3.05, 3.63) is 57.2 Å². The molecule has 3 N–H and O–H groups in total. The van der Waals surface area contributed by atoms with E-state index in [0.717, 1.165) is 4.88 Å². The first-order valence-corrected chi connectivity index (χ1v) is 7.44. The molecule has 3 aromatic rings. The molecule has 0 unspecified atom stereocenters. The maximum Gasteiger partial charge on any atom is 0.255 e. The topological polar surface area (TPSA) is 104 Å². The largest absolute Gasteiger partial charge is 0.346 e. The van der Waals surface area contributed by atoms with Gasteiger partial charge in [0.2, 0.25) is 0 Å². The van der Waals surface area contributed by atoms with Gasteiger partial charge < -0.3 is 10.3 Å². The molecule has 0 spiro atoms. The number of aromatic nitrogens is 4. The Balaban J connectivity index is 1.76.